The summed E-state index contributed by atoms with van der Waals surface area (Å²) < 4.78 is 53.2. The topological polar surface area (TPSA) is 117 Å². The zero-order valence-electron chi connectivity index (χ0n) is 31.8. The van der Waals surface area contributed by atoms with Crippen LogP contribution in [0.25, 0.3) is 0 Å². The highest BCUT2D eigenvalue weighted by molar-refractivity contribution is 7.89. The zero-order valence-corrected chi connectivity index (χ0v) is 33.4. The summed E-state index contributed by atoms with van der Waals surface area (Å²) in [6.07, 6.45) is 11.5. The van der Waals surface area contributed by atoms with E-state index in [1.807, 2.05) is 26.0 Å². The number of benzene rings is 2. The molecule has 0 spiro atoms. The van der Waals surface area contributed by atoms with Gasteiger partial charge in [-0.1, -0.05) is 89.3 Å². The lowest BCUT2D eigenvalue weighted by Crippen LogP contribution is -2.57. The van der Waals surface area contributed by atoms with Gasteiger partial charge in [-0.15, -0.1) is 0 Å². The van der Waals surface area contributed by atoms with Gasteiger partial charge in [0, 0.05) is 17.3 Å². The van der Waals surface area contributed by atoms with Crippen LogP contribution in [-0.2, 0) is 20.0 Å². The van der Waals surface area contributed by atoms with E-state index in [1.54, 1.807) is 36.4 Å². The molecule has 0 heterocycles. The molecule has 0 aliphatic heterocycles. The molecular weight excluding hydrogens is 677 g/mol. The minimum atomic E-state index is -3.84. The molecule has 2 aromatic rings. The monoisotopic (exact) mass is 736 g/mol. The van der Waals surface area contributed by atoms with Crippen molar-refractivity contribution < 1.29 is 16.8 Å². The summed E-state index contributed by atoms with van der Waals surface area (Å²) in [6, 6.07) is 13.7. The average molecular weight is 737 g/mol. The van der Waals surface area contributed by atoms with E-state index in [0.29, 0.717) is 36.5 Å². The minimum Gasteiger partial charge on any atom is -0.200 e. The molecule has 4 aliphatic carbocycles. The van der Waals surface area contributed by atoms with Crippen molar-refractivity contribution in [3.05, 3.63) is 59.7 Å². The first-order chi connectivity index (χ1) is 24.0. The quantitative estimate of drug-likeness (QED) is 0.224. The summed E-state index contributed by atoms with van der Waals surface area (Å²) in [5.41, 5.74) is 4.06. The number of hydrazone groups is 2. The first-order valence-electron chi connectivity index (χ1n) is 19.3. The number of nitrogens with one attached hydrogen (secondary N) is 2. The van der Waals surface area contributed by atoms with Crippen molar-refractivity contribution in [3.8, 4) is 0 Å². The lowest BCUT2D eigenvalue weighted by molar-refractivity contribution is -0.0619. The second kappa shape index (κ2) is 14.6. The van der Waals surface area contributed by atoms with Gasteiger partial charge in [-0.25, -0.2) is 9.66 Å². The summed E-state index contributed by atoms with van der Waals surface area (Å²) in [6.45, 7) is 16.0. The Morgan fingerprint density at radius 1 is 0.725 bits per heavy atom. The molecule has 0 bridgehead atoms. The third-order valence-electron chi connectivity index (χ3n) is 13.8. The van der Waals surface area contributed by atoms with Crippen LogP contribution in [0.1, 0.15) is 116 Å². The smallest absolute Gasteiger partial charge is 0.200 e. The number of rotatable bonds is 11. The zero-order chi connectivity index (χ0) is 36.8. The van der Waals surface area contributed by atoms with Crippen LogP contribution in [0.3, 0.4) is 0 Å². The molecule has 2 N–H and O–H groups in total. The molecule has 51 heavy (non-hydrogen) atoms. The van der Waals surface area contributed by atoms with Gasteiger partial charge in [0.1, 0.15) is 0 Å². The van der Waals surface area contributed by atoms with Crippen LogP contribution in [-0.4, -0.2) is 28.3 Å². The Morgan fingerprint density at radius 2 is 1.29 bits per heavy atom. The minimum absolute atomic E-state index is 0.0384. The Morgan fingerprint density at radius 3 is 1.88 bits per heavy atom. The third kappa shape index (κ3) is 7.69. The molecule has 6 rings (SSSR count). The molecule has 10 heteroatoms. The molecule has 8 atom stereocenters. The summed E-state index contributed by atoms with van der Waals surface area (Å²) >= 11 is 0. The maximum absolute atomic E-state index is 13.5. The molecule has 280 valence electrons. The molecule has 0 saturated heterocycles. The summed E-state index contributed by atoms with van der Waals surface area (Å²) in [4.78, 5) is 5.62. The Bertz CT molecular complexity index is 1840. The molecule has 4 fully saturated rings. The van der Waals surface area contributed by atoms with Gasteiger partial charge in [0.05, 0.1) is 9.79 Å². The first-order valence-corrected chi connectivity index (χ1v) is 22.3. The van der Waals surface area contributed by atoms with Crippen LogP contribution in [0, 0.1) is 66.1 Å². The van der Waals surface area contributed by atoms with Gasteiger partial charge >= 0.3 is 0 Å². The number of sulfonamides is 2. The predicted molar refractivity (Wildman–Crippen MR) is 206 cm³/mol. The van der Waals surface area contributed by atoms with Crippen molar-refractivity contribution in [2.24, 2.45) is 62.5 Å². The largest absolute Gasteiger partial charge is 0.276 e. The maximum Gasteiger partial charge on any atom is 0.276 e. The fourth-order valence-electron chi connectivity index (χ4n) is 10.8. The van der Waals surface area contributed by atoms with E-state index in [-0.39, 0.29) is 32.5 Å². The van der Waals surface area contributed by atoms with Crippen molar-refractivity contribution in [1.29, 1.82) is 0 Å². The number of hydrogen-bond donors (Lipinski definition) is 2. The van der Waals surface area contributed by atoms with Crippen molar-refractivity contribution in [3.63, 3.8) is 0 Å². The average Bonchev–Trinajstić information content (AvgIpc) is 3.44. The van der Waals surface area contributed by atoms with Gasteiger partial charge < -0.3 is 0 Å². The van der Waals surface area contributed by atoms with Crippen LogP contribution in [0.5, 0.6) is 0 Å². The van der Waals surface area contributed by atoms with Crippen molar-refractivity contribution in [1.82, 2.24) is 9.66 Å². The summed E-state index contributed by atoms with van der Waals surface area (Å²) in [7, 11) is -7.62. The molecule has 4 saturated carbocycles. The van der Waals surface area contributed by atoms with Gasteiger partial charge in [0.2, 0.25) is 0 Å². The Kier molecular flexibility index (Phi) is 10.9. The van der Waals surface area contributed by atoms with E-state index >= 15 is 0 Å². The second-order valence-electron chi connectivity index (χ2n) is 17.5. The van der Waals surface area contributed by atoms with E-state index in [2.05, 4.69) is 49.4 Å². The maximum atomic E-state index is 13.5. The second-order valence-corrected chi connectivity index (χ2v) is 20.8. The van der Waals surface area contributed by atoms with Crippen molar-refractivity contribution >= 4 is 31.5 Å². The van der Waals surface area contributed by atoms with E-state index in [9.17, 15) is 16.8 Å². The standard InChI is InChI=1S/C41H60N4O4S2/c1-27(2)9-8-10-30(5)35-19-20-36-39-37(22-24-41(35,36)7)40(6)23-21-32(42-44-50(46,47)33-15-11-28(3)12-16-33)25-31(40)26-38(39)43-45-51(48,49)34-17-13-29(4)14-18-34/h11-18,27,30-31,35-37,39,44-45H,8-10,19-26H2,1-7H3/b42-32-,43-38+/t30-,31?,35-,36+,37+,39+,40+,41-/m1/s1. The van der Waals surface area contributed by atoms with Crippen LogP contribution in [0.15, 0.2) is 68.5 Å². The molecule has 0 aromatic heterocycles. The lowest BCUT2D eigenvalue weighted by Gasteiger charge is -2.61. The molecule has 0 radical (unpaired) electrons. The van der Waals surface area contributed by atoms with Gasteiger partial charge in [0.15, 0.2) is 0 Å². The summed E-state index contributed by atoms with van der Waals surface area (Å²) in [5.74, 6) is 3.32. The fraction of sp³-hybridized carbons (Fsp3) is 0.659. The van der Waals surface area contributed by atoms with Crippen molar-refractivity contribution in [2.45, 2.75) is 129 Å². The highest BCUT2D eigenvalue weighted by Gasteiger charge is 2.62. The van der Waals surface area contributed by atoms with Gasteiger partial charge in [-0.05, 0) is 136 Å². The fourth-order valence-corrected chi connectivity index (χ4v) is 12.5. The van der Waals surface area contributed by atoms with E-state index < -0.39 is 20.0 Å². The Hall–Kier alpha value is -2.72. The molecular formula is C41H60N4O4S2. The van der Waals surface area contributed by atoms with Crippen molar-refractivity contribution in [2.75, 3.05) is 0 Å². The molecule has 0 amide bonds. The first kappa shape index (κ1) is 38.0. The molecule has 1 unspecified atom stereocenters. The lowest BCUT2D eigenvalue weighted by atomic mass is 9.44. The number of hydrogen-bond acceptors (Lipinski definition) is 6. The highest BCUT2D eigenvalue weighted by Crippen LogP contribution is 2.67. The summed E-state index contributed by atoms with van der Waals surface area (Å²) in [5, 5.41) is 9.37. The molecule has 4 aliphatic rings. The van der Waals surface area contributed by atoms with Gasteiger partial charge in [0.25, 0.3) is 20.0 Å². The Labute approximate surface area is 307 Å². The predicted octanol–water partition coefficient (Wildman–Crippen LogP) is 9.00. The molecule has 2 aromatic carbocycles. The van der Waals surface area contributed by atoms with Crippen LogP contribution >= 0.6 is 0 Å². The van der Waals surface area contributed by atoms with E-state index in [4.69, 9.17) is 5.10 Å². The Balaban J connectivity index is 1.29. The number of nitrogens with zero attached hydrogens (tertiary/aromatic N) is 2. The van der Waals surface area contributed by atoms with E-state index in [0.717, 1.165) is 54.2 Å². The van der Waals surface area contributed by atoms with Crippen LogP contribution < -0.4 is 9.66 Å². The van der Waals surface area contributed by atoms with Crippen LogP contribution in [0.4, 0.5) is 0 Å². The van der Waals surface area contributed by atoms with Crippen LogP contribution in [0.2, 0.25) is 0 Å². The number of fused-ring (bicyclic) bond motifs is 5. The molecule has 8 nitrogen and oxygen atoms in total. The van der Waals surface area contributed by atoms with Gasteiger partial charge in [-0.2, -0.15) is 27.0 Å². The highest BCUT2D eigenvalue weighted by atomic mass is 32.2. The SMILES string of the molecule is Cc1ccc(S(=O)(=O)N/N=C2/CC[C@@]3(C)C(C2)C/C(=N\NS(=O)(=O)c2ccc(C)cc2)[C@H]2[C@@H]4CC[C@H]([C@H](C)CCCC(C)C)[C@@]4(C)CC[C@@H]23)cc1. The number of aryl methyl sites for hydroxylation is 2. The van der Waals surface area contributed by atoms with Gasteiger partial charge in [-0.3, -0.25) is 0 Å². The normalized spacial score (nSPS) is 33.1. The third-order valence-corrected chi connectivity index (χ3v) is 16.3. The van der Waals surface area contributed by atoms with E-state index in [1.165, 1.54) is 32.1 Å².